The molecular weight excluding hydrogens is 333 g/mol. The molecule has 0 aliphatic carbocycles. The normalized spacial score (nSPS) is 11.5. The van der Waals surface area contributed by atoms with Crippen molar-refractivity contribution in [1.29, 1.82) is 0 Å². The van der Waals surface area contributed by atoms with Crippen LogP contribution in [0.3, 0.4) is 0 Å². The van der Waals surface area contributed by atoms with Crippen LogP contribution in [0.5, 0.6) is 11.5 Å². The van der Waals surface area contributed by atoms with E-state index in [9.17, 15) is 0 Å². The molecule has 1 unspecified atom stereocenters. The maximum atomic E-state index is 8.25. The monoisotopic (exact) mass is 347 g/mol. The number of alkyl halides is 1. The van der Waals surface area contributed by atoms with Crippen LogP contribution in [0.1, 0.15) is 5.56 Å². The Balaban J connectivity index is 2.74. The van der Waals surface area contributed by atoms with Crippen molar-refractivity contribution in [3.8, 4) is 11.5 Å². The van der Waals surface area contributed by atoms with Crippen molar-refractivity contribution in [1.82, 2.24) is 0 Å². The number of hydrogen-bond donors (Lipinski definition) is 0. The van der Waals surface area contributed by atoms with E-state index in [1.54, 1.807) is 14.2 Å². The molecule has 17 heavy (non-hydrogen) atoms. The first-order valence-corrected chi connectivity index (χ1v) is 6.31. The average Bonchev–Trinajstić information content (AvgIpc) is 2.36. The van der Waals surface area contributed by atoms with Crippen LogP contribution in [-0.4, -0.2) is 24.7 Å². The molecule has 5 nitrogen and oxygen atoms in total. The van der Waals surface area contributed by atoms with E-state index in [1.165, 1.54) is 0 Å². The predicted molar refractivity (Wildman–Crippen MR) is 75.1 cm³/mol. The first-order chi connectivity index (χ1) is 8.21. The van der Waals surface area contributed by atoms with Crippen LogP contribution < -0.4 is 9.47 Å². The van der Waals surface area contributed by atoms with E-state index in [1.807, 2.05) is 18.2 Å². The molecule has 1 atom stereocenters. The summed E-state index contributed by atoms with van der Waals surface area (Å²) in [6, 6.07) is 5.81. The Labute approximate surface area is 114 Å². The molecule has 0 saturated heterocycles. The van der Waals surface area contributed by atoms with Crippen molar-refractivity contribution in [3.05, 3.63) is 34.2 Å². The van der Waals surface area contributed by atoms with E-state index < -0.39 is 0 Å². The molecule has 1 aromatic carbocycles. The second-order valence-corrected chi connectivity index (χ2v) is 5.17. The molecule has 1 aromatic rings. The van der Waals surface area contributed by atoms with Crippen molar-refractivity contribution in [2.75, 3.05) is 20.8 Å². The number of methoxy groups -OCH3 is 2. The van der Waals surface area contributed by atoms with Crippen LogP contribution in [0.2, 0.25) is 0 Å². The number of rotatable bonds is 6. The molecule has 0 spiro atoms. The van der Waals surface area contributed by atoms with E-state index in [4.69, 9.17) is 15.0 Å². The Bertz CT molecular complexity index is 419. The number of azide groups is 1. The van der Waals surface area contributed by atoms with Gasteiger partial charge in [0, 0.05) is 15.4 Å². The maximum absolute atomic E-state index is 8.25. The summed E-state index contributed by atoms with van der Waals surface area (Å²) in [4.78, 5) is 2.75. The zero-order valence-corrected chi connectivity index (χ0v) is 11.9. The molecule has 0 N–H and O–H groups in total. The summed E-state index contributed by atoms with van der Waals surface area (Å²) in [6.45, 7) is 0.491. The molecular formula is C11H14IN3O2. The van der Waals surface area contributed by atoms with E-state index >= 15 is 0 Å². The Hall–Kier alpha value is -1.14. The molecule has 92 valence electrons. The van der Waals surface area contributed by atoms with Crippen molar-refractivity contribution < 1.29 is 9.47 Å². The number of benzene rings is 1. The Morgan fingerprint density at radius 1 is 1.35 bits per heavy atom. The van der Waals surface area contributed by atoms with Crippen LogP contribution >= 0.6 is 22.6 Å². The minimum Gasteiger partial charge on any atom is -0.493 e. The quantitative estimate of drug-likeness (QED) is 0.260. The molecule has 1 rings (SSSR count). The standard InChI is InChI=1S/C11H14IN3O2/c1-16-10-4-3-8(6-11(10)17-2)5-9(12)7-14-15-13/h3-4,6,9H,5,7H2,1-2H3. The molecule has 0 radical (unpaired) electrons. The molecule has 0 amide bonds. The van der Waals surface area contributed by atoms with Gasteiger partial charge in [-0.1, -0.05) is 33.8 Å². The molecule has 0 bridgehead atoms. The highest BCUT2D eigenvalue weighted by molar-refractivity contribution is 14.1. The number of ether oxygens (including phenoxy) is 2. The first kappa shape index (κ1) is 13.9. The maximum Gasteiger partial charge on any atom is 0.160 e. The molecule has 0 aliphatic heterocycles. The van der Waals surface area contributed by atoms with Gasteiger partial charge in [-0.25, -0.2) is 0 Å². The lowest BCUT2D eigenvalue weighted by Crippen LogP contribution is -2.06. The number of hydrogen-bond acceptors (Lipinski definition) is 3. The largest absolute Gasteiger partial charge is 0.493 e. The molecule has 0 fully saturated rings. The minimum atomic E-state index is 0.279. The molecule has 0 aliphatic rings. The highest BCUT2D eigenvalue weighted by atomic mass is 127. The zero-order valence-electron chi connectivity index (χ0n) is 9.76. The molecule has 6 heteroatoms. The van der Waals surface area contributed by atoms with Gasteiger partial charge in [0.1, 0.15) is 0 Å². The highest BCUT2D eigenvalue weighted by Gasteiger charge is 2.08. The van der Waals surface area contributed by atoms with Gasteiger partial charge in [0.25, 0.3) is 0 Å². The van der Waals surface area contributed by atoms with E-state index in [-0.39, 0.29) is 3.92 Å². The SMILES string of the molecule is COc1ccc(CC(I)CN=[N+]=[N-])cc1OC. The summed E-state index contributed by atoms with van der Waals surface area (Å²) in [5, 5.41) is 3.56. The van der Waals surface area contributed by atoms with Gasteiger partial charge in [0.05, 0.1) is 14.2 Å². The lowest BCUT2D eigenvalue weighted by atomic mass is 10.1. The third-order valence-corrected chi connectivity index (χ3v) is 3.08. The van der Waals surface area contributed by atoms with Gasteiger partial charge >= 0.3 is 0 Å². The van der Waals surface area contributed by atoms with Gasteiger partial charge in [-0.05, 0) is 29.6 Å². The van der Waals surface area contributed by atoms with Crippen LogP contribution in [0.25, 0.3) is 10.4 Å². The summed E-state index contributed by atoms with van der Waals surface area (Å²) in [5.74, 6) is 1.44. The van der Waals surface area contributed by atoms with Gasteiger partial charge in [-0.15, -0.1) is 0 Å². The summed E-state index contributed by atoms with van der Waals surface area (Å²) in [7, 11) is 3.23. The van der Waals surface area contributed by atoms with E-state index in [0.717, 1.165) is 23.5 Å². The second-order valence-electron chi connectivity index (χ2n) is 3.40. The fraction of sp³-hybridized carbons (Fsp3) is 0.455. The molecule has 0 heterocycles. The van der Waals surface area contributed by atoms with Crippen LogP contribution in [0.4, 0.5) is 0 Å². The third kappa shape index (κ3) is 4.32. The van der Waals surface area contributed by atoms with Crippen LogP contribution in [-0.2, 0) is 6.42 Å². The Kier molecular flexibility index (Phi) is 5.93. The molecule has 0 aromatic heterocycles. The third-order valence-electron chi connectivity index (χ3n) is 2.25. The van der Waals surface area contributed by atoms with Gasteiger partial charge < -0.3 is 9.47 Å². The number of nitrogens with zero attached hydrogens (tertiary/aromatic N) is 3. The Morgan fingerprint density at radius 2 is 2.06 bits per heavy atom. The lowest BCUT2D eigenvalue weighted by molar-refractivity contribution is 0.354. The highest BCUT2D eigenvalue weighted by Crippen LogP contribution is 2.28. The lowest BCUT2D eigenvalue weighted by Gasteiger charge is -2.11. The van der Waals surface area contributed by atoms with Crippen molar-refractivity contribution in [2.45, 2.75) is 10.3 Å². The van der Waals surface area contributed by atoms with E-state index in [2.05, 4.69) is 32.6 Å². The summed E-state index contributed by atoms with van der Waals surface area (Å²) >= 11 is 2.27. The predicted octanol–water partition coefficient (Wildman–Crippen LogP) is 3.36. The van der Waals surface area contributed by atoms with E-state index in [0.29, 0.717) is 6.54 Å². The van der Waals surface area contributed by atoms with Gasteiger partial charge in [0.15, 0.2) is 11.5 Å². The zero-order chi connectivity index (χ0) is 12.7. The van der Waals surface area contributed by atoms with Gasteiger partial charge in [-0.3, -0.25) is 0 Å². The van der Waals surface area contributed by atoms with Crippen molar-refractivity contribution in [3.63, 3.8) is 0 Å². The summed E-state index contributed by atoms with van der Waals surface area (Å²) < 4.78 is 10.7. The summed E-state index contributed by atoms with van der Waals surface area (Å²) in [6.07, 6.45) is 0.833. The topological polar surface area (TPSA) is 67.2 Å². The average molecular weight is 347 g/mol. The van der Waals surface area contributed by atoms with Gasteiger partial charge in [0.2, 0.25) is 0 Å². The second kappa shape index (κ2) is 7.24. The first-order valence-electron chi connectivity index (χ1n) is 5.07. The van der Waals surface area contributed by atoms with Crippen LogP contribution in [0, 0.1) is 0 Å². The minimum absolute atomic E-state index is 0.279. The fourth-order valence-electron chi connectivity index (χ4n) is 1.45. The van der Waals surface area contributed by atoms with Crippen molar-refractivity contribution in [2.24, 2.45) is 5.11 Å². The smallest absolute Gasteiger partial charge is 0.160 e. The van der Waals surface area contributed by atoms with Gasteiger partial charge in [-0.2, -0.15) is 0 Å². The molecule has 0 saturated carbocycles. The Morgan fingerprint density at radius 3 is 2.65 bits per heavy atom. The van der Waals surface area contributed by atoms with Crippen LogP contribution in [0.15, 0.2) is 23.3 Å². The van der Waals surface area contributed by atoms with Crippen molar-refractivity contribution >= 4 is 22.6 Å². The number of halogens is 1. The fourth-order valence-corrected chi connectivity index (χ4v) is 2.14. The summed E-state index contributed by atoms with van der Waals surface area (Å²) in [5.41, 5.74) is 9.38.